The van der Waals surface area contributed by atoms with Crippen molar-refractivity contribution >= 4 is 0 Å². The lowest BCUT2D eigenvalue weighted by Crippen LogP contribution is -2.39. The number of rotatable bonds is 0. The number of morpholine rings is 1. The van der Waals surface area contributed by atoms with E-state index in [1.807, 2.05) is 0 Å². The average Bonchev–Trinajstić information content (AvgIpc) is 2.66. The van der Waals surface area contributed by atoms with Crippen LogP contribution in [0, 0.1) is 5.82 Å². The van der Waals surface area contributed by atoms with Gasteiger partial charge in [-0.3, -0.25) is 0 Å². The monoisotopic (exact) mass is 261 g/mol. The number of benzene rings is 1. The molecular weight excluding hydrogens is 250 g/mol. The Morgan fingerprint density at radius 1 is 1.28 bits per heavy atom. The lowest BCUT2D eigenvalue weighted by atomic mass is 10.0. The van der Waals surface area contributed by atoms with Gasteiger partial charge in [-0.2, -0.15) is 13.2 Å². The lowest BCUT2D eigenvalue weighted by Gasteiger charge is -2.27. The number of alkyl halides is 3. The molecule has 3 rings (SSSR count). The topological polar surface area (TPSA) is 21.3 Å². The van der Waals surface area contributed by atoms with Crippen molar-refractivity contribution in [3.05, 3.63) is 34.6 Å². The number of nitrogens with one attached hydrogen (secondary N) is 1. The molecule has 98 valence electrons. The van der Waals surface area contributed by atoms with Crippen LogP contribution in [0.4, 0.5) is 17.6 Å². The zero-order valence-electron chi connectivity index (χ0n) is 9.35. The minimum atomic E-state index is -4.52. The van der Waals surface area contributed by atoms with Crippen LogP contribution < -0.4 is 5.32 Å². The highest BCUT2D eigenvalue weighted by atomic mass is 19.4. The molecule has 0 amide bonds. The van der Waals surface area contributed by atoms with Gasteiger partial charge in [0.25, 0.3) is 0 Å². The van der Waals surface area contributed by atoms with Crippen LogP contribution in [0.25, 0.3) is 0 Å². The van der Waals surface area contributed by atoms with Gasteiger partial charge in [-0.15, -0.1) is 0 Å². The zero-order chi connectivity index (χ0) is 12.9. The van der Waals surface area contributed by atoms with E-state index in [4.69, 9.17) is 4.74 Å². The maximum Gasteiger partial charge on any atom is 0.416 e. The second-order valence-electron chi connectivity index (χ2n) is 4.57. The van der Waals surface area contributed by atoms with E-state index in [0.29, 0.717) is 36.8 Å². The highest BCUT2D eigenvalue weighted by Crippen LogP contribution is 2.40. The Morgan fingerprint density at radius 3 is 2.78 bits per heavy atom. The molecule has 1 saturated heterocycles. The van der Waals surface area contributed by atoms with Crippen LogP contribution in [0.5, 0.6) is 0 Å². The van der Waals surface area contributed by atoms with E-state index in [0.717, 1.165) is 6.07 Å². The number of ether oxygens (including phenoxy) is 1. The Bertz CT molecular complexity index is 486. The molecule has 1 N–H and O–H groups in total. The zero-order valence-corrected chi connectivity index (χ0v) is 9.35. The SMILES string of the molecule is Fc1cc(C(F)(F)F)cc2c1[C@@H]1NCCO[C@@H]1C2. The maximum atomic E-state index is 13.9. The lowest BCUT2D eigenvalue weighted by molar-refractivity contribution is -0.137. The summed E-state index contributed by atoms with van der Waals surface area (Å²) >= 11 is 0. The van der Waals surface area contributed by atoms with Crippen LogP contribution in [-0.4, -0.2) is 19.3 Å². The standard InChI is InChI=1S/C12H11F4NO/c13-8-5-7(12(14,15)16)3-6-4-9-11(10(6)8)17-1-2-18-9/h3,5,9,11,17H,1-2,4H2/t9-,11-/m1/s1. The van der Waals surface area contributed by atoms with Crippen molar-refractivity contribution in [3.8, 4) is 0 Å². The van der Waals surface area contributed by atoms with Crippen LogP contribution in [0.15, 0.2) is 12.1 Å². The smallest absolute Gasteiger partial charge is 0.375 e. The first-order chi connectivity index (χ1) is 8.47. The van der Waals surface area contributed by atoms with Crippen molar-refractivity contribution < 1.29 is 22.3 Å². The van der Waals surface area contributed by atoms with E-state index in [-0.39, 0.29) is 12.1 Å². The quantitative estimate of drug-likeness (QED) is 0.724. The second-order valence-corrected chi connectivity index (χ2v) is 4.57. The van der Waals surface area contributed by atoms with Gasteiger partial charge in [-0.25, -0.2) is 4.39 Å². The maximum absolute atomic E-state index is 13.9. The summed E-state index contributed by atoms with van der Waals surface area (Å²) in [6, 6.07) is 1.27. The fourth-order valence-corrected chi connectivity index (χ4v) is 2.69. The molecule has 0 saturated carbocycles. The molecule has 0 radical (unpaired) electrons. The van der Waals surface area contributed by atoms with Gasteiger partial charge in [0.05, 0.1) is 24.3 Å². The number of halogens is 4. The molecule has 0 spiro atoms. The molecule has 6 heteroatoms. The molecule has 18 heavy (non-hydrogen) atoms. The van der Waals surface area contributed by atoms with Gasteiger partial charge >= 0.3 is 6.18 Å². The Labute approximate surface area is 101 Å². The molecule has 0 aromatic heterocycles. The Hall–Kier alpha value is -1.14. The van der Waals surface area contributed by atoms with Crippen LogP contribution in [0.1, 0.15) is 22.7 Å². The molecule has 2 atom stereocenters. The Morgan fingerprint density at radius 2 is 2.06 bits per heavy atom. The summed E-state index contributed by atoms with van der Waals surface area (Å²) < 4.78 is 57.1. The van der Waals surface area contributed by atoms with Crippen molar-refractivity contribution in [3.63, 3.8) is 0 Å². The van der Waals surface area contributed by atoms with Crippen LogP contribution in [0.3, 0.4) is 0 Å². The van der Waals surface area contributed by atoms with Crippen molar-refractivity contribution in [1.29, 1.82) is 0 Å². The molecule has 0 bridgehead atoms. The molecule has 1 fully saturated rings. The van der Waals surface area contributed by atoms with Gasteiger partial charge in [-0.05, 0) is 17.7 Å². The molecule has 1 heterocycles. The van der Waals surface area contributed by atoms with Crippen LogP contribution >= 0.6 is 0 Å². The fourth-order valence-electron chi connectivity index (χ4n) is 2.69. The third-order valence-corrected chi connectivity index (χ3v) is 3.44. The molecule has 1 aliphatic carbocycles. The van der Waals surface area contributed by atoms with E-state index in [9.17, 15) is 17.6 Å². The van der Waals surface area contributed by atoms with E-state index in [1.54, 1.807) is 0 Å². The average molecular weight is 261 g/mol. The van der Waals surface area contributed by atoms with Crippen molar-refractivity contribution in [2.45, 2.75) is 24.7 Å². The molecule has 1 aliphatic heterocycles. The molecule has 1 aromatic carbocycles. The van der Waals surface area contributed by atoms with Gasteiger partial charge in [-0.1, -0.05) is 0 Å². The van der Waals surface area contributed by atoms with Crippen LogP contribution in [-0.2, 0) is 17.3 Å². The largest absolute Gasteiger partial charge is 0.416 e. The molecule has 2 nitrogen and oxygen atoms in total. The Balaban J connectivity index is 2.05. The fraction of sp³-hybridized carbons (Fsp3) is 0.500. The minimum Gasteiger partial charge on any atom is -0.375 e. The number of hydrogen-bond donors (Lipinski definition) is 1. The third-order valence-electron chi connectivity index (χ3n) is 3.44. The molecule has 1 aromatic rings. The van der Waals surface area contributed by atoms with E-state index < -0.39 is 17.6 Å². The first-order valence-electron chi connectivity index (χ1n) is 5.71. The van der Waals surface area contributed by atoms with E-state index in [1.165, 1.54) is 0 Å². The molecule has 0 unspecified atom stereocenters. The summed E-state index contributed by atoms with van der Waals surface area (Å²) in [6.45, 7) is 1.09. The van der Waals surface area contributed by atoms with Crippen molar-refractivity contribution in [1.82, 2.24) is 5.32 Å². The first-order valence-corrected chi connectivity index (χ1v) is 5.71. The summed E-state index contributed by atoms with van der Waals surface area (Å²) in [5.74, 6) is -0.801. The molecular formula is C12H11F4NO. The summed E-state index contributed by atoms with van der Waals surface area (Å²) in [5.41, 5.74) is -0.211. The number of fused-ring (bicyclic) bond motifs is 3. The van der Waals surface area contributed by atoms with Crippen molar-refractivity contribution in [2.75, 3.05) is 13.2 Å². The highest BCUT2D eigenvalue weighted by molar-refractivity contribution is 5.42. The number of hydrogen-bond acceptors (Lipinski definition) is 2. The summed E-state index contributed by atoms with van der Waals surface area (Å²) in [6.07, 6.45) is -4.45. The van der Waals surface area contributed by atoms with Gasteiger partial charge in [0, 0.05) is 18.5 Å². The van der Waals surface area contributed by atoms with Gasteiger partial charge < -0.3 is 10.1 Å². The van der Waals surface area contributed by atoms with Crippen LogP contribution in [0.2, 0.25) is 0 Å². The van der Waals surface area contributed by atoms with E-state index >= 15 is 0 Å². The highest BCUT2D eigenvalue weighted by Gasteiger charge is 2.40. The first kappa shape index (κ1) is 11.9. The summed E-state index contributed by atoms with van der Waals surface area (Å²) in [4.78, 5) is 0. The molecule has 2 aliphatic rings. The predicted molar refractivity (Wildman–Crippen MR) is 55.6 cm³/mol. The second kappa shape index (κ2) is 3.93. The minimum absolute atomic E-state index is 0.258. The summed E-state index contributed by atoms with van der Waals surface area (Å²) in [5, 5.41) is 3.09. The van der Waals surface area contributed by atoms with E-state index in [2.05, 4.69) is 5.32 Å². The normalized spacial score (nSPS) is 26.9. The third kappa shape index (κ3) is 1.80. The summed E-state index contributed by atoms with van der Waals surface area (Å²) in [7, 11) is 0. The van der Waals surface area contributed by atoms with Gasteiger partial charge in [0.1, 0.15) is 5.82 Å². The van der Waals surface area contributed by atoms with Gasteiger partial charge in [0.15, 0.2) is 0 Å². The predicted octanol–water partition coefficient (Wildman–Crippen LogP) is 2.43. The van der Waals surface area contributed by atoms with Gasteiger partial charge in [0.2, 0.25) is 0 Å². The van der Waals surface area contributed by atoms with Crippen molar-refractivity contribution in [2.24, 2.45) is 0 Å². The Kier molecular flexibility index (Phi) is 2.60.